The first-order valence-corrected chi connectivity index (χ1v) is 3.89. The van der Waals surface area contributed by atoms with Gasteiger partial charge in [0.25, 0.3) is 0 Å². The molecule has 12 heavy (non-hydrogen) atoms. The zero-order valence-corrected chi connectivity index (χ0v) is 6.67. The van der Waals surface area contributed by atoms with Gasteiger partial charge in [-0.2, -0.15) is 0 Å². The molecular weight excluding hydrogens is 146 g/mol. The third kappa shape index (κ3) is 1.08. The van der Waals surface area contributed by atoms with Crippen LogP contribution in [0.4, 0.5) is 0 Å². The van der Waals surface area contributed by atoms with Gasteiger partial charge in [0.1, 0.15) is 0 Å². The highest BCUT2D eigenvalue weighted by Gasteiger charge is 1.94. The molecule has 1 N–H and O–H groups in total. The van der Waals surface area contributed by atoms with Crippen molar-refractivity contribution in [3.8, 4) is 12.3 Å². The lowest BCUT2D eigenvalue weighted by molar-refractivity contribution is 1.33. The number of nitrogens with one attached hydrogen (secondary N) is 1. The summed E-state index contributed by atoms with van der Waals surface area (Å²) in [4.78, 5) is 3.14. The van der Waals surface area contributed by atoms with Crippen molar-refractivity contribution in [1.82, 2.24) is 4.98 Å². The van der Waals surface area contributed by atoms with Crippen LogP contribution >= 0.6 is 0 Å². The summed E-state index contributed by atoms with van der Waals surface area (Å²) < 4.78 is 0. The summed E-state index contributed by atoms with van der Waals surface area (Å²) in [5.41, 5.74) is 2.36. The second kappa shape index (κ2) is 2.75. The van der Waals surface area contributed by atoms with E-state index in [4.69, 9.17) is 6.42 Å². The van der Waals surface area contributed by atoms with E-state index in [9.17, 15) is 0 Å². The Kier molecular flexibility index (Phi) is 1.60. The van der Waals surface area contributed by atoms with Gasteiger partial charge in [0, 0.05) is 18.1 Å². The fraction of sp³-hybridized carbons (Fsp3) is 0.0909. The molecule has 0 unspecified atom stereocenters. The van der Waals surface area contributed by atoms with Crippen molar-refractivity contribution >= 4 is 10.9 Å². The Morgan fingerprint density at radius 3 is 3.08 bits per heavy atom. The van der Waals surface area contributed by atoms with Crippen LogP contribution in [0.2, 0.25) is 0 Å². The first-order chi connectivity index (χ1) is 5.90. The largest absolute Gasteiger partial charge is 0.361 e. The molecule has 0 bridgehead atoms. The highest BCUT2D eigenvalue weighted by atomic mass is 14.7. The van der Waals surface area contributed by atoms with Gasteiger partial charge in [-0.3, -0.25) is 0 Å². The molecule has 1 nitrogen and oxygen atoms in total. The minimum absolute atomic E-state index is 0.709. The number of rotatable bonds is 1. The highest BCUT2D eigenvalue weighted by Crippen LogP contribution is 2.14. The third-order valence-electron chi connectivity index (χ3n) is 1.92. The highest BCUT2D eigenvalue weighted by molar-refractivity contribution is 5.79. The normalized spacial score (nSPS) is 9.92. The molecule has 0 spiro atoms. The summed E-state index contributed by atoms with van der Waals surface area (Å²) >= 11 is 0. The van der Waals surface area contributed by atoms with Crippen LogP contribution in [0.15, 0.2) is 30.5 Å². The minimum Gasteiger partial charge on any atom is -0.361 e. The molecule has 2 rings (SSSR count). The van der Waals surface area contributed by atoms with E-state index in [0.29, 0.717) is 6.42 Å². The molecule has 0 saturated carbocycles. The number of benzene rings is 1. The third-order valence-corrected chi connectivity index (χ3v) is 1.92. The van der Waals surface area contributed by atoms with Crippen LogP contribution in [0.5, 0.6) is 0 Å². The van der Waals surface area contributed by atoms with Crippen LogP contribution < -0.4 is 0 Å². The number of aromatic amines is 1. The second-order valence-electron chi connectivity index (χ2n) is 2.78. The van der Waals surface area contributed by atoms with Crippen molar-refractivity contribution in [3.05, 3.63) is 36.0 Å². The molecule has 0 aliphatic carbocycles. The summed E-state index contributed by atoms with van der Waals surface area (Å²) in [5, 5.41) is 1.22. The van der Waals surface area contributed by atoms with Crippen LogP contribution in [-0.4, -0.2) is 4.98 Å². The second-order valence-corrected chi connectivity index (χ2v) is 2.78. The Morgan fingerprint density at radius 2 is 2.25 bits per heavy atom. The molecule has 1 heteroatoms. The molecule has 0 fully saturated rings. The Morgan fingerprint density at radius 1 is 1.33 bits per heavy atom. The SMILES string of the molecule is C#CCc1ccc2[nH]ccc2c1. The van der Waals surface area contributed by atoms with Gasteiger partial charge in [0.2, 0.25) is 0 Å². The topological polar surface area (TPSA) is 15.8 Å². The van der Waals surface area contributed by atoms with Gasteiger partial charge >= 0.3 is 0 Å². The molecule has 0 radical (unpaired) electrons. The van der Waals surface area contributed by atoms with Crippen molar-refractivity contribution in [1.29, 1.82) is 0 Å². The van der Waals surface area contributed by atoms with Crippen LogP contribution in [0.3, 0.4) is 0 Å². The molecular formula is C11H9N. The number of terminal acetylenes is 1. The Balaban J connectivity index is 2.54. The standard InChI is InChI=1S/C11H9N/c1-2-3-9-4-5-11-10(8-9)6-7-12-11/h1,4-8,12H,3H2. The Hall–Kier alpha value is -1.68. The van der Waals surface area contributed by atoms with Gasteiger partial charge in [-0.15, -0.1) is 12.3 Å². The van der Waals surface area contributed by atoms with E-state index >= 15 is 0 Å². The molecule has 0 amide bonds. The molecule has 1 heterocycles. The maximum Gasteiger partial charge on any atom is 0.0454 e. The van der Waals surface area contributed by atoms with Crippen molar-refractivity contribution < 1.29 is 0 Å². The number of hydrogen-bond donors (Lipinski definition) is 1. The maximum absolute atomic E-state index is 5.22. The summed E-state index contributed by atoms with van der Waals surface area (Å²) in [6, 6.07) is 8.28. The molecule has 0 aliphatic rings. The van der Waals surface area contributed by atoms with Gasteiger partial charge in [0.05, 0.1) is 0 Å². The summed E-state index contributed by atoms with van der Waals surface area (Å²) in [5.74, 6) is 2.63. The van der Waals surface area contributed by atoms with Gasteiger partial charge < -0.3 is 4.98 Å². The Labute approximate surface area is 71.4 Å². The van der Waals surface area contributed by atoms with Gasteiger partial charge in [0.15, 0.2) is 0 Å². The Bertz CT molecular complexity index is 431. The average Bonchev–Trinajstić information content (AvgIpc) is 2.51. The fourth-order valence-electron chi connectivity index (χ4n) is 1.33. The van der Waals surface area contributed by atoms with E-state index < -0.39 is 0 Å². The fourth-order valence-corrected chi connectivity index (χ4v) is 1.33. The van der Waals surface area contributed by atoms with Gasteiger partial charge in [-0.1, -0.05) is 6.07 Å². The lowest BCUT2D eigenvalue weighted by atomic mass is 10.1. The molecule has 1 aromatic carbocycles. The monoisotopic (exact) mass is 155 g/mol. The van der Waals surface area contributed by atoms with E-state index in [0.717, 1.165) is 5.52 Å². The van der Waals surface area contributed by atoms with Crippen LogP contribution in [0, 0.1) is 12.3 Å². The number of fused-ring (bicyclic) bond motifs is 1. The number of H-pyrrole nitrogens is 1. The molecule has 0 saturated heterocycles. The van der Waals surface area contributed by atoms with Crippen molar-refractivity contribution in [2.45, 2.75) is 6.42 Å². The van der Waals surface area contributed by atoms with Gasteiger partial charge in [-0.25, -0.2) is 0 Å². The van der Waals surface area contributed by atoms with E-state index in [-0.39, 0.29) is 0 Å². The number of hydrogen-bond acceptors (Lipinski definition) is 0. The molecule has 0 aliphatic heterocycles. The summed E-state index contributed by atoms with van der Waals surface area (Å²) in [6.07, 6.45) is 7.87. The molecule has 0 atom stereocenters. The smallest absolute Gasteiger partial charge is 0.0454 e. The molecule has 1 aromatic heterocycles. The van der Waals surface area contributed by atoms with E-state index in [2.05, 4.69) is 35.2 Å². The molecule has 58 valence electrons. The van der Waals surface area contributed by atoms with Crippen LogP contribution in [0.25, 0.3) is 10.9 Å². The average molecular weight is 155 g/mol. The minimum atomic E-state index is 0.709. The number of aromatic nitrogens is 1. The lowest BCUT2D eigenvalue weighted by Gasteiger charge is -1.94. The van der Waals surface area contributed by atoms with E-state index in [1.165, 1.54) is 10.9 Å². The van der Waals surface area contributed by atoms with E-state index in [1.807, 2.05) is 6.20 Å². The first-order valence-electron chi connectivity index (χ1n) is 3.89. The van der Waals surface area contributed by atoms with Crippen molar-refractivity contribution in [2.75, 3.05) is 0 Å². The van der Waals surface area contributed by atoms with Crippen molar-refractivity contribution in [3.63, 3.8) is 0 Å². The lowest BCUT2D eigenvalue weighted by Crippen LogP contribution is -1.79. The summed E-state index contributed by atoms with van der Waals surface area (Å²) in [7, 11) is 0. The van der Waals surface area contributed by atoms with Crippen molar-refractivity contribution in [2.24, 2.45) is 0 Å². The van der Waals surface area contributed by atoms with Crippen LogP contribution in [-0.2, 0) is 6.42 Å². The predicted molar refractivity (Wildman–Crippen MR) is 50.8 cm³/mol. The predicted octanol–water partition coefficient (Wildman–Crippen LogP) is 2.34. The summed E-state index contributed by atoms with van der Waals surface area (Å²) in [6.45, 7) is 0. The van der Waals surface area contributed by atoms with Crippen LogP contribution in [0.1, 0.15) is 5.56 Å². The van der Waals surface area contributed by atoms with E-state index in [1.54, 1.807) is 0 Å². The maximum atomic E-state index is 5.22. The first kappa shape index (κ1) is 7.00. The quantitative estimate of drug-likeness (QED) is 0.608. The zero-order valence-electron chi connectivity index (χ0n) is 6.67. The van der Waals surface area contributed by atoms with Gasteiger partial charge in [-0.05, 0) is 29.1 Å². The zero-order chi connectivity index (χ0) is 8.39. The molecule has 2 aromatic rings.